The highest BCUT2D eigenvalue weighted by atomic mass is 15.3. The number of nitrogens with zero attached hydrogens (tertiary/aromatic N) is 2. The number of para-hydroxylation sites is 1. The van der Waals surface area contributed by atoms with E-state index in [1.807, 2.05) is 47.4 Å². The van der Waals surface area contributed by atoms with Crippen LogP contribution in [0.3, 0.4) is 0 Å². The summed E-state index contributed by atoms with van der Waals surface area (Å²) in [6.45, 7) is 6.40. The van der Waals surface area contributed by atoms with Crippen LogP contribution in [0.5, 0.6) is 0 Å². The molecule has 1 aromatic carbocycles. The van der Waals surface area contributed by atoms with Gasteiger partial charge in [-0.25, -0.2) is 4.68 Å². The van der Waals surface area contributed by atoms with Crippen molar-refractivity contribution >= 4 is 5.69 Å². The Hall–Kier alpha value is -1.77. The van der Waals surface area contributed by atoms with E-state index in [2.05, 4.69) is 31.2 Å². The van der Waals surface area contributed by atoms with Crippen molar-refractivity contribution < 1.29 is 0 Å². The lowest BCUT2D eigenvalue weighted by molar-refractivity contribution is 0.634. The van der Waals surface area contributed by atoms with Crippen LogP contribution in [-0.2, 0) is 0 Å². The fourth-order valence-electron chi connectivity index (χ4n) is 1.54. The van der Waals surface area contributed by atoms with Crippen LogP contribution in [0, 0.1) is 0 Å². The number of hydrogen-bond donors (Lipinski definition) is 1. The molecule has 0 amide bonds. The van der Waals surface area contributed by atoms with E-state index >= 15 is 0 Å². The number of benzene rings is 1. The zero-order valence-corrected chi connectivity index (χ0v) is 9.94. The van der Waals surface area contributed by atoms with Crippen LogP contribution in [0.1, 0.15) is 20.8 Å². The standard InChI is InChI=1S/C13H17N3/c1-13(2,3)15-11-9-14-16(10-11)12-7-5-4-6-8-12/h4-10,15H,1-3H3. The molecule has 0 bridgehead atoms. The van der Waals surface area contributed by atoms with Gasteiger partial charge in [-0.15, -0.1) is 0 Å². The molecule has 2 aromatic rings. The van der Waals surface area contributed by atoms with Gasteiger partial charge in [0.25, 0.3) is 0 Å². The van der Waals surface area contributed by atoms with Gasteiger partial charge in [-0.1, -0.05) is 18.2 Å². The summed E-state index contributed by atoms with van der Waals surface area (Å²) in [4.78, 5) is 0. The third-order valence-electron chi connectivity index (χ3n) is 2.12. The van der Waals surface area contributed by atoms with Gasteiger partial charge in [0.1, 0.15) is 0 Å². The van der Waals surface area contributed by atoms with Crippen molar-refractivity contribution in [2.45, 2.75) is 26.3 Å². The molecule has 0 saturated heterocycles. The first-order valence-corrected chi connectivity index (χ1v) is 5.43. The molecule has 1 heterocycles. The number of nitrogens with one attached hydrogen (secondary N) is 1. The maximum Gasteiger partial charge on any atom is 0.0735 e. The van der Waals surface area contributed by atoms with E-state index in [1.54, 1.807) is 0 Å². The highest BCUT2D eigenvalue weighted by Gasteiger charge is 2.10. The van der Waals surface area contributed by atoms with E-state index in [9.17, 15) is 0 Å². The van der Waals surface area contributed by atoms with E-state index < -0.39 is 0 Å². The predicted octanol–water partition coefficient (Wildman–Crippen LogP) is 3.08. The highest BCUT2D eigenvalue weighted by molar-refractivity contribution is 5.43. The van der Waals surface area contributed by atoms with Crippen LogP contribution in [0.4, 0.5) is 5.69 Å². The summed E-state index contributed by atoms with van der Waals surface area (Å²) in [5.74, 6) is 0. The van der Waals surface area contributed by atoms with Crippen LogP contribution in [-0.4, -0.2) is 15.3 Å². The fourth-order valence-corrected chi connectivity index (χ4v) is 1.54. The molecule has 84 valence electrons. The Morgan fingerprint density at radius 2 is 1.81 bits per heavy atom. The predicted molar refractivity (Wildman–Crippen MR) is 66.9 cm³/mol. The van der Waals surface area contributed by atoms with E-state index in [0.29, 0.717) is 0 Å². The number of aromatic nitrogens is 2. The third kappa shape index (κ3) is 2.63. The molecule has 0 unspecified atom stereocenters. The summed E-state index contributed by atoms with van der Waals surface area (Å²) in [6.07, 6.45) is 3.85. The molecule has 0 aliphatic heterocycles. The minimum Gasteiger partial charge on any atom is -0.378 e. The second-order valence-corrected chi connectivity index (χ2v) is 4.88. The zero-order valence-electron chi connectivity index (χ0n) is 9.94. The summed E-state index contributed by atoms with van der Waals surface area (Å²) >= 11 is 0. The van der Waals surface area contributed by atoms with Crippen LogP contribution in [0.25, 0.3) is 5.69 Å². The molecule has 2 rings (SSSR count). The van der Waals surface area contributed by atoms with Crippen LogP contribution >= 0.6 is 0 Å². The lowest BCUT2D eigenvalue weighted by Gasteiger charge is -2.20. The van der Waals surface area contributed by atoms with Crippen molar-refractivity contribution in [3.8, 4) is 5.69 Å². The fraction of sp³-hybridized carbons (Fsp3) is 0.308. The molecule has 16 heavy (non-hydrogen) atoms. The molecule has 0 saturated carbocycles. The molecular formula is C13H17N3. The highest BCUT2D eigenvalue weighted by Crippen LogP contribution is 2.15. The van der Waals surface area contributed by atoms with Crippen molar-refractivity contribution in [3.05, 3.63) is 42.7 Å². The summed E-state index contributed by atoms with van der Waals surface area (Å²) in [7, 11) is 0. The summed E-state index contributed by atoms with van der Waals surface area (Å²) in [6, 6.07) is 10.1. The maximum atomic E-state index is 4.32. The van der Waals surface area contributed by atoms with Crippen molar-refractivity contribution in [2.24, 2.45) is 0 Å². The topological polar surface area (TPSA) is 29.9 Å². The lowest BCUT2D eigenvalue weighted by atomic mass is 10.1. The van der Waals surface area contributed by atoms with Crippen molar-refractivity contribution in [1.82, 2.24) is 9.78 Å². The van der Waals surface area contributed by atoms with Gasteiger partial charge in [0, 0.05) is 5.54 Å². The average Bonchev–Trinajstić information content (AvgIpc) is 2.65. The third-order valence-corrected chi connectivity index (χ3v) is 2.12. The summed E-state index contributed by atoms with van der Waals surface area (Å²) in [5.41, 5.74) is 2.17. The monoisotopic (exact) mass is 215 g/mol. The minimum absolute atomic E-state index is 0.0601. The first-order valence-electron chi connectivity index (χ1n) is 5.43. The normalized spacial score (nSPS) is 11.4. The largest absolute Gasteiger partial charge is 0.378 e. The first kappa shape index (κ1) is 10.7. The molecule has 0 aliphatic carbocycles. The van der Waals surface area contributed by atoms with Gasteiger partial charge in [0.2, 0.25) is 0 Å². The Balaban J connectivity index is 2.21. The molecule has 0 radical (unpaired) electrons. The van der Waals surface area contributed by atoms with Gasteiger partial charge in [-0.2, -0.15) is 5.10 Å². The molecule has 0 fully saturated rings. The summed E-state index contributed by atoms with van der Waals surface area (Å²) < 4.78 is 1.87. The van der Waals surface area contributed by atoms with Crippen molar-refractivity contribution in [3.63, 3.8) is 0 Å². The first-order chi connectivity index (χ1) is 7.54. The summed E-state index contributed by atoms with van der Waals surface area (Å²) in [5, 5.41) is 7.71. The van der Waals surface area contributed by atoms with Gasteiger partial charge in [0.15, 0.2) is 0 Å². The van der Waals surface area contributed by atoms with Gasteiger partial charge in [0.05, 0.1) is 23.8 Å². The van der Waals surface area contributed by atoms with E-state index in [4.69, 9.17) is 0 Å². The smallest absolute Gasteiger partial charge is 0.0735 e. The molecule has 3 heteroatoms. The van der Waals surface area contributed by atoms with Crippen LogP contribution in [0.2, 0.25) is 0 Å². The molecule has 0 aliphatic rings. The van der Waals surface area contributed by atoms with Crippen LogP contribution < -0.4 is 5.32 Å². The number of rotatable bonds is 2. The van der Waals surface area contributed by atoms with E-state index in [-0.39, 0.29) is 5.54 Å². The Kier molecular flexibility index (Phi) is 2.69. The second-order valence-electron chi connectivity index (χ2n) is 4.88. The van der Waals surface area contributed by atoms with Gasteiger partial charge < -0.3 is 5.32 Å². The van der Waals surface area contributed by atoms with Gasteiger partial charge >= 0.3 is 0 Å². The Labute approximate surface area is 96.1 Å². The minimum atomic E-state index is 0.0601. The average molecular weight is 215 g/mol. The van der Waals surface area contributed by atoms with Gasteiger partial charge in [-0.05, 0) is 32.9 Å². The Morgan fingerprint density at radius 3 is 2.44 bits per heavy atom. The van der Waals surface area contributed by atoms with Gasteiger partial charge in [-0.3, -0.25) is 0 Å². The van der Waals surface area contributed by atoms with E-state index in [1.165, 1.54) is 0 Å². The Morgan fingerprint density at radius 1 is 1.12 bits per heavy atom. The zero-order chi connectivity index (χ0) is 11.6. The van der Waals surface area contributed by atoms with Crippen molar-refractivity contribution in [2.75, 3.05) is 5.32 Å². The van der Waals surface area contributed by atoms with Crippen molar-refractivity contribution in [1.29, 1.82) is 0 Å². The molecule has 3 nitrogen and oxygen atoms in total. The number of hydrogen-bond acceptors (Lipinski definition) is 2. The SMILES string of the molecule is CC(C)(C)Nc1cnn(-c2ccccc2)c1. The maximum absolute atomic E-state index is 4.32. The molecular weight excluding hydrogens is 198 g/mol. The molecule has 0 spiro atoms. The van der Waals surface area contributed by atoms with Crippen LogP contribution in [0.15, 0.2) is 42.7 Å². The molecule has 1 aromatic heterocycles. The van der Waals surface area contributed by atoms with E-state index in [0.717, 1.165) is 11.4 Å². The Bertz CT molecular complexity index is 452. The number of anilines is 1. The second kappa shape index (κ2) is 4.00. The molecule has 0 atom stereocenters. The quantitative estimate of drug-likeness (QED) is 0.834. The lowest BCUT2D eigenvalue weighted by Crippen LogP contribution is -2.25. The molecule has 1 N–H and O–H groups in total.